The molecule has 1 aromatic rings. The van der Waals surface area contributed by atoms with Crippen LogP contribution in [0.1, 0.15) is 20.3 Å². The quantitative estimate of drug-likeness (QED) is 0.796. The molecule has 0 aliphatic carbocycles. The van der Waals surface area contributed by atoms with E-state index in [1.165, 1.54) is 22.7 Å². The van der Waals surface area contributed by atoms with E-state index in [4.69, 9.17) is 0 Å². The van der Waals surface area contributed by atoms with E-state index in [0.717, 1.165) is 12.1 Å². The zero-order chi connectivity index (χ0) is 18.4. The summed E-state index contributed by atoms with van der Waals surface area (Å²) in [5.41, 5.74) is 0.0367. The molecule has 1 amide bonds. The number of fused-ring (bicyclic) bond motifs is 1. The molecule has 1 aromatic carbocycles. The van der Waals surface area contributed by atoms with Crippen molar-refractivity contribution >= 4 is 38.4 Å². The zero-order valence-corrected chi connectivity index (χ0v) is 15.4. The number of anilines is 1. The predicted octanol–water partition coefficient (Wildman–Crippen LogP) is 2.61. The molecular formula is C16H18F2N2O3S2. The number of carbonyl (C=O) groups is 1. The normalized spacial score (nSPS) is 26.4. The number of hydrogen-bond acceptors (Lipinski definition) is 4. The third-order valence-corrected chi connectivity index (χ3v) is 7.25. The van der Waals surface area contributed by atoms with Crippen molar-refractivity contribution < 1.29 is 22.0 Å². The van der Waals surface area contributed by atoms with E-state index in [1.54, 1.807) is 0 Å². The lowest BCUT2D eigenvalue weighted by atomic mass is 10.1. The first-order chi connectivity index (χ1) is 11.7. The van der Waals surface area contributed by atoms with Crippen LogP contribution in [0.5, 0.6) is 0 Å². The molecule has 3 rings (SSSR count). The van der Waals surface area contributed by atoms with Gasteiger partial charge in [-0.05, 0) is 18.1 Å². The van der Waals surface area contributed by atoms with Gasteiger partial charge in [-0.25, -0.2) is 17.2 Å². The molecule has 0 bridgehead atoms. The summed E-state index contributed by atoms with van der Waals surface area (Å²) >= 11 is 1.17. The van der Waals surface area contributed by atoms with E-state index >= 15 is 0 Å². The van der Waals surface area contributed by atoms with Gasteiger partial charge in [0, 0.05) is 17.7 Å². The van der Waals surface area contributed by atoms with E-state index in [2.05, 4.69) is 4.99 Å². The fourth-order valence-corrected chi connectivity index (χ4v) is 6.95. The van der Waals surface area contributed by atoms with Gasteiger partial charge in [-0.1, -0.05) is 25.6 Å². The standard InChI is InChI=1S/C16H18F2N2O3S2/c1-9(2)5-15(21)19-16-20(12-4-3-10(17)6-11(12)18)13-7-25(22,23)8-14(13)24-16/h3-4,6,9,13-14H,5,7-8H2,1-2H3/t13-,14-/m0/s1. The molecule has 0 unspecified atom stereocenters. The average Bonchev–Trinajstić information content (AvgIpc) is 2.90. The lowest BCUT2D eigenvalue weighted by Gasteiger charge is -2.25. The summed E-state index contributed by atoms with van der Waals surface area (Å²) in [4.78, 5) is 17.6. The highest BCUT2D eigenvalue weighted by molar-refractivity contribution is 8.16. The van der Waals surface area contributed by atoms with E-state index in [9.17, 15) is 22.0 Å². The number of thioether (sulfide) groups is 1. The van der Waals surface area contributed by atoms with Crippen molar-refractivity contribution in [3.05, 3.63) is 29.8 Å². The number of halogens is 2. The summed E-state index contributed by atoms with van der Waals surface area (Å²) in [5.74, 6) is -1.93. The monoisotopic (exact) mass is 388 g/mol. The molecule has 25 heavy (non-hydrogen) atoms. The van der Waals surface area contributed by atoms with Crippen molar-refractivity contribution in [3.63, 3.8) is 0 Å². The molecule has 0 spiro atoms. The Hall–Kier alpha value is -1.48. The predicted molar refractivity (Wildman–Crippen MR) is 94.6 cm³/mol. The minimum atomic E-state index is -3.24. The number of benzene rings is 1. The summed E-state index contributed by atoms with van der Waals surface area (Å²) in [7, 11) is -3.24. The lowest BCUT2D eigenvalue weighted by molar-refractivity contribution is -0.118. The molecule has 9 heteroatoms. The van der Waals surface area contributed by atoms with Crippen LogP contribution in [0.25, 0.3) is 0 Å². The van der Waals surface area contributed by atoms with Crippen LogP contribution in [0.4, 0.5) is 14.5 Å². The maximum atomic E-state index is 14.3. The van der Waals surface area contributed by atoms with E-state index < -0.39 is 27.5 Å². The Morgan fingerprint density at radius 1 is 1.36 bits per heavy atom. The number of amidine groups is 1. The Bertz CT molecular complexity index is 840. The van der Waals surface area contributed by atoms with Gasteiger partial charge in [-0.15, -0.1) is 0 Å². The zero-order valence-electron chi connectivity index (χ0n) is 13.8. The molecule has 0 N–H and O–H groups in total. The molecule has 0 radical (unpaired) electrons. The topological polar surface area (TPSA) is 66.8 Å². The molecule has 2 heterocycles. The van der Waals surface area contributed by atoms with E-state index in [1.807, 2.05) is 13.8 Å². The van der Waals surface area contributed by atoms with Crippen molar-refractivity contribution in [2.75, 3.05) is 16.4 Å². The highest BCUT2D eigenvalue weighted by Crippen LogP contribution is 2.41. The van der Waals surface area contributed by atoms with Crippen LogP contribution in [0.2, 0.25) is 0 Å². The second-order valence-electron chi connectivity index (χ2n) is 6.65. The third-order valence-electron chi connectivity index (χ3n) is 4.04. The second kappa shape index (κ2) is 6.68. The molecule has 2 saturated heterocycles. The summed E-state index contributed by atoms with van der Waals surface area (Å²) in [6.45, 7) is 3.77. The Morgan fingerprint density at radius 2 is 2.08 bits per heavy atom. The molecular weight excluding hydrogens is 370 g/mol. The Morgan fingerprint density at radius 3 is 2.72 bits per heavy atom. The van der Waals surface area contributed by atoms with Crippen LogP contribution in [0, 0.1) is 17.6 Å². The van der Waals surface area contributed by atoms with Crippen LogP contribution in [-0.4, -0.2) is 42.3 Å². The largest absolute Gasteiger partial charge is 0.313 e. The van der Waals surface area contributed by atoms with E-state index in [-0.39, 0.29) is 45.9 Å². The number of rotatable bonds is 3. The third kappa shape index (κ3) is 3.87. The molecule has 2 fully saturated rings. The van der Waals surface area contributed by atoms with Crippen LogP contribution >= 0.6 is 11.8 Å². The van der Waals surface area contributed by atoms with Crippen molar-refractivity contribution in [1.82, 2.24) is 0 Å². The van der Waals surface area contributed by atoms with Gasteiger partial charge in [0.25, 0.3) is 0 Å². The van der Waals surface area contributed by atoms with Crippen LogP contribution in [0.15, 0.2) is 23.2 Å². The number of carbonyl (C=O) groups excluding carboxylic acids is 1. The Balaban J connectivity index is 2.01. The van der Waals surface area contributed by atoms with Gasteiger partial charge in [0.05, 0.1) is 23.2 Å². The molecule has 136 valence electrons. The van der Waals surface area contributed by atoms with Crippen molar-refractivity contribution in [2.45, 2.75) is 31.6 Å². The molecule has 2 aliphatic heterocycles. The van der Waals surface area contributed by atoms with E-state index in [0.29, 0.717) is 0 Å². The fraction of sp³-hybridized carbons (Fsp3) is 0.500. The smallest absolute Gasteiger partial charge is 0.248 e. The number of nitrogens with zero attached hydrogens (tertiary/aromatic N) is 2. The first-order valence-corrected chi connectivity index (χ1v) is 10.6. The van der Waals surface area contributed by atoms with Crippen molar-refractivity contribution in [1.29, 1.82) is 0 Å². The van der Waals surface area contributed by atoms with Gasteiger partial charge in [0.2, 0.25) is 5.91 Å². The lowest BCUT2D eigenvalue weighted by Crippen LogP contribution is -2.38. The summed E-state index contributed by atoms with van der Waals surface area (Å²) in [6, 6.07) is 2.58. The molecule has 5 nitrogen and oxygen atoms in total. The minimum absolute atomic E-state index is 0.0367. The molecule has 0 aromatic heterocycles. The summed E-state index contributed by atoms with van der Waals surface area (Å²) in [6.07, 6.45) is 0.247. The number of hydrogen-bond donors (Lipinski definition) is 0. The van der Waals surface area contributed by atoms with Crippen molar-refractivity contribution in [2.24, 2.45) is 10.9 Å². The summed E-state index contributed by atoms with van der Waals surface area (Å²) < 4.78 is 51.4. The maximum absolute atomic E-state index is 14.3. The van der Waals surface area contributed by atoms with Gasteiger partial charge in [0.15, 0.2) is 15.0 Å². The first kappa shape index (κ1) is 18.3. The minimum Gasteiger partial charge on any atom is -0.313 e. The molecule has 2 atom stereocenters. The highest BCUT2D eigenvalue weighted by atomic mass is 32.2. The Labute approximate surface area is 149 Å². The summed E-state index contributed by atoms with van der Waals surface area (Å²) in [5, 5.41) is -0.0406. The van der Waals surface area contributed by atoms with Crippen LogP contribution in [-0.2, 0) is 14.6 Å². The maximum Gasteiger partial charge on any atom is 0.248 e. The number of sulfone groups is 1. The second-order valence-corrected chi connectivity index (χ2v) is 10.0. The SMILES string of the molecule is CC(C)CC(=O)N=C1S[C@H]2CS(=O)(=O)C[C@@H]2N1c1ccc(F)cc1F. The fourth-order valence-electron chi connectivity index (χ4n) is 3.02. The van der Waals surface area contributed by atoms with Gasteiger partial charge >= 0.3 is 0 Å². The first-order valence-electron chi connectivity index (χ1n) is 7.89. The van der Waals surface area contributed by atoms with Gasteiger partial charge in [0.1, 0.15) is 11.6 Å². The van der Waals surface area contributed by atoms with Gasteiger partial charge in [-0.3, -0.25) is 4.79 Å². The number of aliphatic imine (C=N–C) groups is 1. The Kier molecular flexibility index (Phi) is 4.89. The number of amides is 1. The highest BCUT2D eigenvalue weighted by Gasteiger charge is 2.50. The van der Waals surface area contributed by atoms with Crippen LogP contribution in [0.3, 0.4) is 0 Å². The average molecular weight is 388 g/mol. The molecule has 2 aliphatic rings. The van der Waals surface area contributed by atoms with Crippen molar-refractivity contribution in [3.8, 4) is 0 Å². The van der Waals surface area contributed by atoms with Gasteiger partial charge in [-0.2, -0.15) is 4.99 Å². The van der Waals surface area contributed by atoms with Crippen LogP contribution < -0.4 is 4.90 Å². The van der Waals surface area contributed by atoms with Gasteiger partial charge < -0.3 is 4.90 Å². The molecule has 0 saturated carbocycles.